The standard InChI is InChI=1S/C19H30BrNO3/c1-13(2)11-21(18(22)24-19(5,6)7)12-15-16(20)9-8-10-17(15)23-14(3)4/h8-10,13-14H,11-12H2,1-7H3. The molecule has 0 heterocycles. The third kappa shape index (κ3) is 7.12. The summed E-state index contributed by atoms with van der Waals surface area (Å²) in [5, 5.41) is 0. The largest absolute Gasteiger partial charge is 0.491 e. The molecule has 0 radical (unpaired) electrons. The van der Waals surface area contributed by atoms with Gasteiger partial charge in [0.2, 0.25) is 0 Å². The predicted octanol–water partition coefficient (Wildman–Crippen LogP) is 5.63. The Kier molecular flexibility index (Phi) is 7.58. The second kappa shape index (κ2) is 8.75. The molecule has 0 saturated heterocycles. The first-order valence-electron chi connectivity index (χ1n) is 8.41. The Morgan fingerprint density at radius 2 is 1.83 bits per heavy atom. The van der Waals surface area contributed by atoms with E-state index in [0.717, 1.165) is 15.8 Å². The number of nitrogens with zero attached hydrogens (tertiary/aromatic N) is 1. The molecule has 0 bridgehead atoms. The van der Waals surface area contributed by atoms with E-state index in [1.807, 2.05) is 52.8 Å². The van der Waals surface area contributed by atoms with Crippen LogP contribution in [0.3, 0.4) is 0 Å². The molecule has 5 heteroatoms. The normalized spacial score (nSPS) is 11.8. The fourth-order valence-corrected chi connectivity index (χ4v) is 2.69. The second-order valence-electron chi connectivity index (χ2n) is 7.64. The van der Waals surface area contributed by atoms with Crippen molar-refractivity contribution in [3.05, 3.63) is 28.2 Å². The monoisotopic (exact) mass is 399 g/mol. The topological polar surface area (TPSA) is 38.8 Å². The van der Waals surface area contributed by atoms with Crippen molar-refractivity contribution in [1.82, 2.24) is 4.90 Å². The van der Waals surface area contributed by atoms with Gasteiger partial charge in [-0.1, -0.05) is 35.8 Å². The number of hydrogen-bond acceptors (Lipinski definition) is 3. The summed E-state index contributed by atoms with van der Waals surface area (Å²) in [6.45, 7) is 14.9. The van der Waals surface area contributed by atoms with Gasteiger partial charge in [0, 0.05) is 16.6 Å². The second-order valence-corrected chi connectivity index (χ2v) is 8.49. The molecule has 1 rings (SSSR count). The number of halogens is 1. The number of benzene rings is 1. The summed E-state index contributed by atoms with van der Waals surface area (Å²) in [6, 6.07) is 5.83. The zero-order valence-corrected chi connectivity index (χ0v) is 17.4. The van der Waals surface area contributed by atoms with E-state index in [-0.39, 0.29) is 12.2 Å². The van der Waals surface area contributed by atoms with Crippen LogP contribution >= 0.6 is 15.9 Å². The van der Waals surface area contributed by atoms with Gasteiger partial charge in [0.25, 0.3) is 0 Å². The van der Waals surface area contributed by atoms with Crippen LogP contribution < -0.4 is 4.74 Å². The van der Waals surface area contributed by atoms with Gasteiger partial charge in [-0.2, -0.15) is 0 Å². The number of carbonyl (C=O) groups is 1. The van der Waals surface area contributed by atoms with Gasteiger partial charge in [0.15, 0.2) is 0 Å². The van der Waals surface area contributed by atoms with Crippen LogP contribution in [0.4, 0.5) is 4.79 Å². The third-order valence-electron chi connectivity index (χ3n) is 3.02. The summed E-state index contributed by atoms with van der Waals surface area (Å²) in [6.07, 6.45) is -0.236. The van der Waals surface area contributed by atoms with Crippen molar-refractivity contribution in [1.29, 1.82) is 0 Å². The van der Waals surface area contributed by atoms with Crippen molar-refractivity contribution in [2.24, 2.45) is 5.92 Å². The lowest BCUT2D eigenvalue weighted by Crippen LogP contribution is -2.38. The molecule has 1 aromatic carbocycles. The molecule has 0 saturated carbocycles. The molecule has 1 amide bonds. The van der Waals surface area contributed by atoms with Gasteiger partial charge in [0.05, 0.1) is 12.6 Å². The van der Waals surface area contributed by atoms with E-state index in [1.54, 1.807) is 4.90 Å². The maximum atomic E-state index is 12.6. The summed E-state index contributed by atoms with van der Waals surface area (Å²) in [5.41, 5.74) is 0.440. The predicted molar refractivity (Wildman–Crippen MR) is 101 cm³/mol. The first-order chi connectivity index (χ1) is 11.0. The molecule has 0 aliphatic rings. The van der Waals surface area contributed by atoms with Gasteiger partial charge >= 0.3 is 6.09 Å². The van der Waals surface area contributed by atoms with Crippen LogP contribution in [0.1, 0.15) is 54.0 Å². The lowest BCUT2D eigenvalue weighted by molar-refractivity contribution is 0.0209. The molecule has 0 aliphatic heterocycles. The first kappa shape index (κ1) is 20.8. The van der Waals surface area contributed by atoms with E-state index in [2.05, 4.69) is 29.8 Å². The fraction of sp³-hybridized carbons (Fsp3) is 0.632. The maximum absolute atomic E-state index is 12.6. The van der Waals surface area contributed by atoms with Crippen molar-refractivity contribution >= 4 is 22.0 Å². The Balaban J connectivity index is 3.08. The van der Waals surface area contributed by atoms with Crippen molar-refractivity contribution in [2.45, 2.75) is 66.7 Å². The Labute approximate surface area is 154 Å². The van der Waals surface area contributed by atoms with Gasteiger partial charge < -0.3 is 14.4 Å². The number of hydrogen-bond donors (Lipinski definition) is 0. The van der Waals surface area contributed by atoms with Gasteiger partial charge in [-0.25, -0.2) is 4.79 Å². The van der Waals surface area contributed by atoms with E-state index >= 15 is 0 Å². The average Bonchev–Trinajstić information content (AvgIpc) is 2.38. The summed E-state index contributed by atoms with van der Waals surface area (Å²) < 4.78 is 12.4. The number of ether oxygens (including phenoxy) is 2. The number of rotatable bonds is 6. The molecule has 0 spiro atoms. The number of carbonyl (C=O) groups excluding carboxylic acids is 1. The van der Waals surface area contributed by atoms with Crippen molar-refractivity contribution in [2.75, 3.05) is 6.54 Å². The Morgan fingerprint density at radius 1 is 1.21 bits per heavy atom. The van der Waals surface area contributed by atoms with E-state index in [4.69, 9.17) is 9.47 Å². The summed E-state index contributed by atoms with van der Waals surface area (Å²) in [7, 11) is 0. The first-order valence-corrected chi connectivity index (χ1v) is 9.21. The summed E-state index contributed by atoms with van der Waals surface area (Å²) >= 11 is 3.58. The lowest BCUT2D eigenvalue weighted by Gasteiger charge is -2.29. The van der Waals surface area contributed by atoms with E-state index in [9.17, 15) is 4.79 Å². The van der Waals surface area contributed by atoms with Crippen LogP contribution in [-0.2, 0) is 11.3 Å². The minimum atomic E-state index is -0.516. The lowest BCUT2D eigenvalue weighted by atomic mass is 10.1. The molecule has 0 aliphatic carbocycles. The molecule has 24 heavy (non-hydrogen) atoms. The van der Waals surface area contributed by atoms with Crippen LogP contribution in [0, 0.1) is 5.92 Å². The maximum Gasteiger partial charge on any atom is 0.410 e. The Bertz CT molecular complexity index is 550. The van der Waals surface area contributed by atoms with Crippen molar-refractivity contribution in [3.8, 4) is 5.75 Å². The van der Waals surface area contributed by atoms with Gasteiger partial charge in [-0.3, -0.25) is 0 Å². The van der Waals surface area contributed by atoms with Gasteiger partial charge in [-0.15, -0.1) is 0 Å². The summed E-state index contributed by atoms with van der Waals surface area (Å²) in [4.78, 5) is 14.3. The molecular formula is C19H30BrNO3. The number of amides is 1. The molecular weight excluding hydrogens is 370 g/mol. The summed E-state index contributed by atoms with van der Waals surface area (Å²) in [5.74, 6) is 1.13. The molecule has 0 atom stereocenters. The molecule has 0 aromatic heterocycles. The van der Waals surface area contributed by atoms with Crippen molar-refractivity contribution < 1.29 is 14.3 Å². The highest BCUT2D eigenvalue weighted by molar-refractivity contribution is 9.10. The van der Waals surface area contributed by atoms with E-state index in [0.29, 0.717) is 19.0 Å². The molecule has 0 fully saturated rings. The van der Waals surface area contributed by atoms with Gasteiger partial charge in [0.1, 0.15) is 11.4 Å². The highest BCUT2D eigenvalue weighted by atomic mass is 79.9. The molecule has 136 valence electrons. The highest BCUT2D eigenvalue weighted by Crippen LogP contribution is 2.30. The van der Waals surface area contributed by atoms with Crippen LogP contribution in [0.2, 0.25) is 0 Å². The van der Waals surface area contributed by atoms with Crippen LogP contribution in [0.15, 0.2) is 22.7 Å². The average molecular weight is 400 g/mol. The molecule has 0 unspecified atom stereocenters. The highest BCUT2D eigenvalue weighted by Gasteiger charge is 2.24. The smallest absolute Gasteiger partial charge is 0.410 e. The molecule has 4 nitrogen and oxygen atoms in total. The minimum absolute atomic E-state index is 0.0677. The Hall–Kier alpha value is -1.23. The van der Waals surface area contributed by atoms with E-state index < -0.39 is 5.60 Å². The van der Waals surface area contributed by atoms with Crippen LogP contribution in [0.25, 0.3) is 0 Å². The SMILES string of the molecule is CC(C)CN(Cc1c(Br)cccc1OC(C)C)C(=O)OC(C)(C)C. The van der Waals surface area contributed by atoms with E-state index in [1.165, 1.54) is 0 Å². The van der Waals surface area contributed by atoms with Crippen LogP contribution in [-0.4, -0.2) is 29.2 Å². The zero-order valence-electron chi connectivity index (χ0n) is 15.9. The van der Waals surface area contributed by atoms with Crippen molar-refractivity contribution in [3.63, 3.8) is 0 Å². The zero-order chi connectivity index (χ0) is 18.5. The minimum Gasteiger partial charge on any atom is -0.491 e. The van der Waals surface area contributed by atoms with Gasteiger partial charge in [-0.05, 0) is 52.7 Å². The van der Waals surface area contributed by atoms with Crippen LogP contribution in [0.5, 0.6) is 5.75 Å². The molecule has 0 N–H and O–H groups in total. The fourth-order valence-electron chi connectivity index (χ4n) is 2.22. The molecule has 1 aromatic rings. The Morgan fingerprint density at radius 3 is 2.33 bits per heavy atom. The quantitative estimate of drug-likeness (QED) is 0.621. The third-order valence-corrected chi connectivity index (χ3v) is 3.77.